The maximum absolute atomic E-state index is 11.1. The number of benzene rings is 1. The van der Waals surface area contributed by atoms with Crippen molar-refractivity contribution in [1.29, 1.82) is 0 Å². The second-order valence-electron chi connectivity index (χ2n) is 2.68. The summed E-state index contributed by atoms with van der Waals surface area (Å²) in [5.74, 6) is -0.0747. The largest absolute Gasteiger partial charge is 0.356 e. The summed E-state index contributed by atoms with van der Waals surface area (Å²) >= 11 is 0. The summed E-state index contributed by atoms with van der Waals surface area (Å²) in [5.41, 5.74) is 0. The molecule has 0 radical (unpaired) electrons. The van der Waals surface area contributed by atoms with Crippen molar-refractivity contribution in [2.75, 3.05) is 7.05 Å². The predicted molar refractivity (Wildman–Crippen MR) is 54.4 cm³/mol. The van der Waals surface area contributed by atoms with E-state index >= 15 is 0 Å². The standard InChI is InChI=1S/C11H13NO/c1-3-9-6-4-5-7-10(9)8-11(13)12-2/h3-8H,1-2H3,(H,12,13)/b9-3-,10-8-. The van der Waals surface area contributed by atoms with Crippen LogP contribution in [0.3, 0.4) is 0 Å². The molecule has 0 bridgehead atoms. The van der Waals surface area contributed by atoms with Gasteiger partial charge >= 0.3 is 0 Å². The van der Waals surface area contributed by atoms with Crippen molar-refractivity contribution in [3.05, 3.63) is 34.7 Å². The summed E-state index contributed by atoms with van der Waals surface area (Å²) in [6.07, 6.45) is 3.57. The van der Waals surface area contributed by atoms with Gasteiger partial charge in [0.25, 0.3) is 0 Å². The normalized spacial score (nSPS) is 13.1. The number of carbonyl (C=O) groups is 1. The highest BCUT2D eigenvalue weighted by Crippen LogP contribution is 1.73. The summed E-state index contributed by atoms with van der Waals surface area (Å²) in [6.45, 7) is 1.95. The van der Waals surface area contributed by atoms with Gasteiger partial charge in [-0.2, -0.15) is 0 Å². The van der Waals surface area contributed by atoms with Crippen LogP contribution < -0.4 is 15.8 Å². The molecule has 1 aromatic rings. The maximum atomic E-state index is 11.1. The first-order chi connectivity index (χ1) is 6.27. The molecule has 0 aliphatic carbocycles. The lowest BCUT2D eigenvalue weighted by atomic mass is 10.2. The van der Waals surface area contributed by atoms with Gasteiger partial charge in [0.2, 0.25) is 5.91 Å². The highest BCUT2D eigenvalue weighted by molar-refractivity contribution is 6.03. The Morgan fingerprint density at radius 3 is 2.46 bits per heavy atom. The van der Waals surface area contributed by atoms with E-state index in [2.05, 4.69) is 5.32 Å². The zero-order valence-electron chi connectivity index (χ0n) is 7.87. The Morgan fingerprint density at radius 2 is 1.92 bits per heavy atom. The Kier molecular flexibility index (Phi) is 3.26. The molecular formula is C11H13NO. The van der Waals surface area contributed by atoms with E-state index < -0.39 is 0 Å². The fraction of sp³-hybridized carbons (Fsp3) is 0.182. The first kappa shape index (κ1) is 9.52. The molecule has 0 saturated heterocycles. The number of rotatable bonds is 1. The van der Waals surface area contributed by atoms with Gasteiger partial charge in [0.1, 0.15) is 0 Å². The highest BCUT2D eigenvalue weighted by atomic mass is 16.1. The van der Waals surface area contributed by atoms with Gasteiger partial charge in [-0.15, -0.1) is 0 Å². The topological polar surface area (TPSA) is 29.1 Å². The number of amides is 1. The molecule has 1 N–H and O–H groups in total. The lowest BCUT2D eigenvalue weighted by molar-refractivity contribution is -0.114. The second kappa shape index (κ2) is 4.45. The fourth-order valence-corrected chi connectivity index (χ4v) is 1.12. The predicted octanol–water partition coefficient (Wildman–Crippen LogP) is 0.0135. The van der Waals surface area contributed by atoms with E-state index in [9.17, 15) is 4.79 Å². The molecule has 0 spiro atoms. The van der Waals surface area contributed by atoms with Gasteiger partial charge in [0.05, 0.1) is 0 Å². The van der Waals surface area contributed by atoms with Crippen LogP contribution in [0, 0.1) is 0 Å². The SMILES string of the molecule is C/C=c1/cccc/c1=C/C(=O)NC. The molecule has 1 amide bonds. The molecule has 0 unspecified atom stereocenters. The number of carbonyl (C=O) groups excluding carboxylic acids is 1. The smallest absolute Gasteiger partial charge is 0.244 e. The third kappa shape index (κ3) is 2.44. The zero-order chi connectivity index (χ0) is 9.68. The average Bonchev–Trinajstić information content (AvgIpc) is 2.18. The molecule has 1 aromatic carbocycles. The van der Waals surface area contributed by atoms with Crippen LogP contribution in [-0.2, 0) is 4.79 Å². The summed E-state index contributed by atoms with van der Waals surface area (Å²) in [5, 5.41) is 4.58. The molecule has 0 heterocycles. The van der Waals surface area contributed by atoms with Gasteiger partial charge in [-0.05, 0) is 17.4 Å². The van der Waals surface area contributed by atoms with E-state index in [0.717, 1.165) is 10.4 Å². The van der Waals surface area contributed by atoms with E-state index in [1.54, 1.807) is 13.1 Å². The van der Waals surface area contributed by atoms with Crippen LogP contribution in [0.2, 0.25) is 0 Å². The minimum Gasteiger partial charge on any atom is -0.356 e. The van der Waals surface area contributed by atoms with Crippen molar-refractivity contribution in [2.45, 2.75) is 6.92 Å². The van der Waals surface area contributed by atoms with E-state index in [1.807, 2.05) is 37.3 Å². The quantitative estimate of drug-likeness (QED) is 0.640. The lowest BCUT2D eigenvalue weighted by Crippen LogP contribution is -2.27. The Bertz CT molecular complexity index is 406. The number of nitrogens with one attached hydrogen (secondary N) is 1. The van der Waals surface area contributed by atoms with Gasteiger partial charge in [-0.3, -0.25) is 4.79 Å². The molecule has 0 atom stereocenters. The monoisotopic (exact) mass is 175 g/mol. The number of hydrogen-bond donors (Lipinski definition) is 1. The van der Waals surface area contributed by atoms with Gasteiger partial charge < -0.3 is 5.32 Å². The Hall–Kier alpha value is -1.57. The van der Waals surface area contributed by atoms with Crippen LogP contribution in [-0.4, -0.2) is 13.0 Å². The van der Waals surface area contributed by atoms with Crippen molar-refractivity contribution in [3.63, 3.8) is 0 Å². The third-order valence-electron chi connectivity index (χ3n) is 1.84. The minimum atomic E-state index is -0.0747. The summed E-state index contributed by atoms with van der Waals surface area (Å²) < 4.78 is 0. The minimum absolute atomic E-state index is 0.0747. The van der Waals surface area contributed by atoms with E-state index in [0.29, 0.717) is 0 Å². The average molecular weight is 175 g/mol. The molecule has 2 heteroatoms. The molecule has 0 saturated carbocycles. The van der Waals surface area contributed by atoms with Crippen molar-refractivity contribution in [3.8, 4) is 0 Å². The van der Waals surface area contributed by atoms with E-state index in [-0.39, 0.29) is 5.91 Å². The van der Waals surface area contributed by atoms with Crippen LogP contribution >= 0.6 is 0 Å². The van der Waals surface area contributed by atoms with Crippen molar-refractivity contribution >= 4 is 18.1 Å². The Balaban J connectivity index is 3.29. The first-order valence-electron chi connectivity index (χ1n) is 4.22. The molecule has 2 nitrogen and oxygen atoms in total. The van der Waals surface area contributed by atoms with Crippen molar-refractivity contribution in [1.82, 2.24) is 5.32 Å². The van der Waals surface area contributed by atoms with E-state index in [4.69, 9.17) is 0 Å². The van der Waals surface area contributed by atoms with E-state index in [1.165, 1.54) is 0 Å². The lowest BCUT2D eigenvalue weighted by Gasteiger charge is -1.91. The Morgan fingerprint density at radius 1 is 1.31 bits per heavy atom. The molecule has 13 heavy (non-hydrogen) atoms. The molecular weight excluding hydrogens is 162 g/mol. The first-order valence-corrected chi connectivity index (χ1v) is 4.22. The fourth-order valence-electron chi connectivity index (χ4n) is 1.12. The van der Waals surface area contributed by atoms with Crippen molar-refractivity contribution in [2.24, 2.45) is 0 Å². The third-order valence-corrected chi connectivity index (χ3v) is 1.84. The zero-order valence-corrected chi connectivity index (χ0v) is 7.87. The number of hydrogen-bond acceptors (Lipinski definition) is 1. The van der Waals surface area contributed by atoms with Crippen LogP contribution in [0.15, 0.2) is 24.3 Å². The Labute approximate surface area is 77.6 Å². The van der Waals surface area contributed by atoms with Crippen LogP contribution in [0.25, 0.3) is 12.2 Å². The van der Waals surface area contributed by atoms with Gasteiger partial charge in [-0.25, -0.2) is 0 Å². The maximum Gasteiger partial charge on any atom is 0.244 e. The summed E-state index contributed by atoms with van der Waals surface area (Å²) in [7, 11) is 1.62. The molecule has 0 aliphatic rings. The second-order valence-corrected chi connectivity index (χ2v) is 2.68. The molecule has 0 aliphatic heterocycles. The highest BCUT2D eigenvalue weighted by Gasteiger charge is 1.89. The molecule has 0 aromatic heterocycles. The molecule has 0 fully saturated rings. The van der Waals surface area contributed by atoms with Gasteiger partial charge in [-0.1, -0.05) is 30.3 Å². The van der Waals surface area contributed by atoms with Crippen molar-refractivity contribution < 1.29 is 4.79 Å². The summed E-state index contributed by atoms with van der Waals surface area (Å²) in [6, 6.07) is 7.78. The summed E-state index contributed by atoms with van der Waals surface area (Å²) in [4.78, 5) is 11.1. The molecule has 68 valence electrons. The van der Waals surface area contributed by atoms with Crippen LogP contribution in [0.4, 0.5) is 0 Å². The molecule has 1 rings (SSSR count). The van der Waals surface area contributed by atoms with Crippen LogP contribution in [0.5, 0.6) is 0 Å². The van der Waals surface area contributed by atoms with Crippen LogP contribution in [0.1, 0.15) is 6.92 Å². The van der Waals surface area contributed by atoms with Gasteiger partial charge in [0, 0.05) is 13.1 Å². The van der Waals surface area contributed by atoms with Gasteiger partial charge in [0.15, 0.2) is 0 Å².